The summed E-state index contributed by atoms with van der Waals surface area (Å²) in [6, 6.07) is 3.97. The van der Waals surface area contributed by atoms with Gasteiger partial charge in [-0.25, -0.2) is 0 Å². The Morgan fingerprint density at radius 3 is 2.00 bits per heavy atom. The van der Waals surface area contributed by atoms with Crippen LogP contribution in [0.2, 0.25) is 0 Å². The van der Waals surface area contributed by atoms with E-state index in [-0.39, 0.29) is 41.3 Å². The van der Waals surface area contributed by atoms with Crippen LogP contribution in [-0.4, -0.2) is 21.9 Å². The Morgan fingerprint density at radius 2 is 1.52 bits per heavy atom. The molecule has 5 saturated carbocycles. The second-order valence-electron chi connectivity index (χ2n) is 11.0. The number of phenols is 2. The first kappa shape index (κ1) is 19.5. The molecule has 0 saturated heterocycles. The number of allylic oxidation sites excluding steroid dienone is 1. The lowest BCUT2D eigenvalue weighted by Crippen LogP contribution is -2.48. The Morgan fingerprint density at radius 1 is 0.966 bits per heavy atom. The number of hydrogen-bond acceptors (Lipinski definition) is 3. The third kappa shape index (κ3) is 3.21. The van der Waals surface area contributed by atoms with Crippen molar-refractivity contribution >= 4 is 0 Å². The van der Waals surface area contributed by atoms with Crippen molar-refractivity contribution in [3.63, 3.8) is 0 Å². The van der Waals surface area contributed by atoms with E-state index in [2.05, 4.69) is 13.5 Å². The maximum Gasteiger partial charge on any atom is 0.123 e. The van der Waals surface area contributed by atoms with Gasteiger partial charge in [-0.1, -0.05) is 12.2 Å². The molecule has 0 radical (unpaired) electrons. The van der Waals surface area contributed by atoms with Crippen molar-refractivity contribution in [3.05, 3.63) is 35.4 Å². The molecule has 0 aromatic heterocycles. The number of rotatable bonds is 4. The molecule has 29 heavy (non-hydrogen) atoms. The minimum atomic E-state index is 0.0313. The summed E-state index contributed by atoms with van der Waals surface area (Å²) in [4.78, 5) is 0. The molecule has 3 N–H and O–H groups in total. The highest BCUT2D eigenvalue weighted by atomic mass is 16.3. The van der Waals surface area contributed by atoms with Gasteiger partial charge >= 0.3 is 0 Å². The molecule has 0 aliphatic heterocycles. The Balaban J connectivity index is 1.51. The molecule has 158 valence electrons. The van der Waals surface area contributed by atoms with Crippen LogP contribution in [0.5, 0.6) is 11.5 Å². The molecular formula is C26H36O3. The Hall–Kier alpha value is -1.48. The molecule has 3 atom stereocenters. The van der Waals surface area contributed by atoms with Crippen molar-refractivity contribution < 1.29 is 15.3 Å². The fourth-order valence-corrected chi connectivity index (χ4v) is 8.11. The highest BCUT2D eigenvalue weighted by molar-refractivity contribution is 5.52. The SMILES string of the molecule is C=C(C)[C@@H]1CC[C@@H](CO)C[C@H]1c1c(O)cc(C23CC4CC(CC(C4)C2)C3)cc1O. The standard InChI is InChI=1S/C26H36O3/c1-15(2)21-4-3-16(14-27)8-22(21)25-23(28)9-20(10-24(25)29)26-11-17-5-18(12-26)7-19(6-17)13-26/h9-10,16-19,21-22,27-29H,1,3-8,11-14H2,2H3/t16-,17?,18?,19?,21+,22-,26?/m1/s1. The third-order valence-electron chi connectivity index (χ3n) is 9.01. The maximum absolute atomic E-state index is 11.1. The average molecular weight is 397 g/mol. The fraction of sp³-hybridized carbons (Fsp3) is 0.692. The van der Waals surface area contributed by atoms with E-state index in [1.807, 2.05) is 12.1 Å². The van der Waals surface area contributed by atoms with Gasteiger partial charge in [-0.2, -0.15) is 0 Å². The lowest BCUT2D eigenvalue weighted by molar-refractivity contribution is -0.00538. The number of aliphatic hydroxyl groups is 1. The second-order valence-corrected chi connectivity index (χ2v) is 11.0. The first-order valence-corrected chi connectivity index (χ1v) is 11.7. The molecule has 3 heteroatoms. The van der Waals surface area contributed by atoms with Gasteiger partial charge in [-0.3, -0.25) is 0 Å². The van der Waals surface area contributed by atoms with E-state index in [0.29, 0.717) is 5.56 Å². The molecule has 0 spiro atoms. The largest absolute Gasteiger partial charge is 0.508 e. The van der Waals surface area contributed by atoms with Gasteiger partial charge < -0.3 is 15.3 Å². The van der Waals surface area contributed by atoms with Gasteiger partial charge in [0.1, 0.15) is 11.5 Å². The van der Waals surface area contributed by atoms with Crippen LogP contribution in [0.15, 0.2) is 24.3 Å². The number of phenolic OH excluding ortho intramolecular Hbond substituents is 2. The summed E-state index contributed by atoms with van der Waals surface area (Å²) < 4.78 is 0. The van der Waals surface area contributed by atoms with Crippen molar-refractivity contribution in [3.8, 4) is 11.5 Å². The molecule has 3 nitrogen and oxygen atoms in total. The zero-order chi connectivity index (χ0) is 20.3. The molecule has 5 aliphatic rings. The summed E-state index contributed by atoms with van der Waals surface area (Å²) in [6.07, 6.45) is 10.6. The number of benzene rings is 1. The van der Waals surface area contributed by atoms with E-state index in [9.17, 15) is 15.3 Å². The van der Waals surface area contributed by atoms with Crippen LogP contribution in [0.25, 0.3) is 0 Å². The summed E-state index contributed by atoms with van der Waals surface area (Å²) in [5, 5.41) is 32.0. The van der Waals surface area contributed by atoms with Crippen LogP contribution in [0, 0.1) is 29.6 Å². The van der Waals surface area contributed by atoms with Crippen LogP contribution >= 0.6 is 0 Å². The number of hydrogen-bond donors (Lipinski definition) is 3. The van der Waals surface area contributed by atoms with Crippen LogP contribution in [-0.2, 0) is 5.41 Å². The third-order valence-corrected chi connectivity index (χ3v) is 9.01. The van der Waals surface area contributed by atoms with E-state index in [4.69, 9.17) is 0 Å². The van der Waals surface area contributed by atoms with Gasteiger partial charge in [-0.05, 0) is 123 Å². The van der Waals surface area contributed by atoms with E-state index in [1.165, 1.54) is 38.5 Å². The van der Waals surface area contributed by atoms with E-state index < -0.39 is 0 Å². The van der Waals surface area contributed by atoms with Crippen LogP contribution < -0.4 is 0 Å². The van der Waals surface area contributed by atoms with E-state index >= 15 is 0 Å². The molecule has 1 aromatic carbocycles. The van der Waals surface area contributed by atoms with Crippen LogP contribution in [0.4, 0.5) is 0 Å². The Labute approximate surface area is 174 Å². The molecule has 1 aromatic rings. The molecule has 6 rings (SSSR count). The smallest absolute Gasteiger partial charge is 0.123 e. The zero-order valence-corrected chi connectivity index (χ0v) is 17.7. The van der Waals surface area contributed by atoms with E-state index in [0.717, 1.165) is 48.2 Å². The maximum atomic E-state index is 11.1. The Bertz CT molecular complexity index is 752. The lowest BCUT2D eigenvalue weighted by Gasteiger charge is -2.57. The predicted molar refractivity (Wildman–Crippen MR) is 115 cm³/mol. The summed E-state index contributed by atoms with van der Waals surface area (Å²) in [5.74, 6) is 3.53. The van der Waals surface area contributed by atoms with Gasteiger partial charge in [0.25, 0.3) is 0 Å². The summed E-state index contributed by atoms with van der Waals surface area (Å²) in [5.41, 5.74) is 3.12. The molecular weight excluding hydrogens is 360 g/mol. The second kappa shape index (κ2) is 7.04. The van der Waals surface area contributed by atoms with Gasteiger partial charge in [0.15, 0.2) is 0 Å². The van der Waals surface area contributed by atoms with Crippen molar-refractivity contribution in [2.75, 3.05) is 6.61 Å². The normalized spacial score (nSPS) is 40.9. The van der Waals surface area contributed by atoms with Gasteiger partial charge in [0.05, 0.1) is 0 Å². The minimum Gasteiger partial charge on any atom is -0.508 e. The van der Waals surface area contributed by atoms with Crippen LogP contribution in [0.1, 0.15) is 81.8 Å². The summed E-state index contributed by atoms with van der Waals surface area (Å²) >= 11 is 0. The fourth-order valence-electron chi connectivity index (χ4n) is 8.11. The van der Waals surface area contributed by atoms with E-state index in [1.54, 1.807) is 0 Å². The van der Waals surface area contributed by atoms with Crippen molar-refractivity contribution in [1.82, 2.24) is 0 Å². The predicted octanol–water partition coefficient (Wildman–Crippen LogP) is 5.63. The highest BCUT2D eigenvalue weighted by Crippen LogP contribution is 2.61. The topological polar surface area (TPSA) is 60.7 Å². The zero-order valence-electron chi connectivity index (χ0n) is 17.7. The van der Waals surface area contributed by atoms with Gasteiger partial charge in [0.2, 0.25) is 0 Å². The van der Waals surface area contributed by atoms with Crippen molar-refractivity contribution in [2.24, 2.45) is 29.6 Å². The lowest BCUT2D eigenvalue weighted by atomic mass is 9.48. The first-order chi connectivity index (χ1) is 13.9. The average Bonchev–Trinajstić information content (AvgIpc) is 2.66. The highest BCUT2D eigenvalue weighted by Gasteiger charge is 2.52. The molecule has 5 fully saturated rings. The Kier molecular flexibility index (Phi) is 4.73. The molecule has 0 heterocycles. The molecule has 0 amide bonds. The van der Waals surface area contributed by atoms with Crippen molar-refractivity contribution in [1.29, 1.82) is 0 Å². The summed E-state index contributed by atoms with van der Waals surface area (Å²) in [7, 11) is 0. The number of aliphatic hydroxyl groups excluding tert-OH is 1. The quantitative estimate of drug-likeness (QED) is 0.578. The summed E-state index contributed by atoms with van der Waals surface area (Å²) in [6.45, 7) is 6.41. The molecule has 0 unspecified atom stereocenters. The number of aromatic hydroxyl groups is 2. The molecule has 4 bridgehead atoms. The van der Waals surface area contributed by atoms with Gasteiger partial charge in [-0.15, -0.1) is 0 Å². The van der Waals surface area contributed by atoms with Gasteiger partial charge in [0, 0.05) is 12.2 Å². The monoisotopic (exact) mass is 396 g/mol. The van der Waals surface area contributed by atoms with Crippen LogP contribution in [0.3, 0.4) is 0 Å². The van der Waals surface area contributed by atoms with Crippen molar-refractivity contribution in [2.45, 2.75) is 76.0 Å². The molecule has 5 aliphatic carbocycles. The first-order valence-electron chi connectivity index (χ1n) is 11.7. The minimum absolute atomic E-state index is 0.0313.